The van der Waals surface area contributed by atoms with E-state index in [1.807, 2.05) is 55.6 Å². The van der Waals surface area contributed by atoms with Crippen molar-refractivity contribution in [1.29, 1.82) is 0 Å². The lowest BCUT2D eigenvalue weighted by atomic mass is 9.97. The lowest BCUT2D eigenvalue weighted by Crippen LogP contribution is -2.29. The second-order valence-corrected chi connectivity index (χ2v) is 6.55. The molecule has 3 aromatic rings. The molecule has 4 heteroatoms. The van der Waals surface area contributed by atoms with E-state index in [2.05, 4.69) is 17.6 Å². The molecule has 2 heterocycles. The lowest BCUT2D eigenvalue weighted by molar-refractivity contribution is -0.121. The minimum atomic E-state index is -0.411. The SMILES string of the molecule is CCn1cc(C2CC(=O)N(c3ccc(C)cc3)C2=O)c2ccccc21. The summed E-state index contributed by atoms with van der Waals surface area (Å²) in [6, 6.07) is 15.6. The van der Waals surface area contributed by atoms with E-state index in [0.29, 0.717) is 5.69 Å². The van der Waals surface area contributed by atoms with Crippen LogP contribution >= 0.6 is 0 Å². The quantitative estimate of drug-likeness (QED) is 0.680. The third-order valence-corrected chi connectivity index (χ3v) is 4.97. The van der Waals surface area contributed by atoms with Crippen LogP contribution < -0.4 is 4.90 Å². The minimum absolute atomic E-state index is 0.132. The topological polar surface area (TPSA) is 42.3 Å². The fraction of sp³-hybridized carbons (Fsp3) is 0.238. The van der Waals surface area contributed by atoms with Crippen molar-refractivity contribution in [2.45, 2.75) is 32.7 Å². The summed E-state index contributed by atoms with van der Waals surface area (Å²) in [5.74, 6) is -0.674. The minimum Gasteiger partial charge on any atom is -0.347 e. The standard InChI is InChI=1S/C21H20N2O2/c1-3-22-13-18(16-6-4-5-7-19(16)22)17-12-20(24)23(21(17)25)15-10-8-14(2)9-11-15/h4-11,13,17H,3,12H2,1-2H3. The number of para-hydroxylation sites is 1. The smallest absolute Gasteiger partial charge is 0.241 e. The molecular weight excluding hydrogens is 312 g/mol. The molecule has 1 aliphatic heterocycles. The summed E-state index contributed by atoms with van der Waals surface area (Å²) in [5, 5.41) is 1.06. The number of hydrogen-bond donors (Lipinski definition) is 0. The maximum atomic E-state index is 13.0. The molecule has 1 aliphatic rings. The molecule has 126 valence electrons. The molecule has 0 aliphatic carbocycles. The summed E-state index contributed by atoms with van der Waals surface area (Å²) < 4.78 is 2.14. The van der Waals surface area contributed by atoms with Crippen molar-refractivity contribution in [3.8, 4) is 0 Å². The highest BCUT2D eigenvalue weighted by atomic mass is 16.2. The normalized spacial score (nSPS) is 17.7. The van der Waals surface area contributed by atoms with E-state index in [9.17, 15) is 9.59 Å². The largest absolute Gasteiger partial charge is 0.347 e. The summed E-state index contributed by atoms with van der Waals surface area (Å²) in [5.41, 5.74) is 3.81. The van der Waals surface area contributed by atoms with Crippen LogP contribution in [0.15, 0.2) is 54.7 Å². The number of aryl methyl sites for hydroxylation is 2. The number of aromatic nitrogens is 1. The van der Waals surface area contributed by atoms with Crippen LogP contribution in [0.3, 0.4) is 0 Å². The van der Waals surface area contributed by atoms with Crippen LogP contribution in [0.5, 0.6) is 0 Å². The van der Waals surface area contributed by atoms with Crippen molar-refractivity contribution < 1.29 is 9.59 Å². The van der Waals surface area contributed by atoms with Gasteiger partial charge in [0.25, 0.3) is 0 Å². The van der Waals surface area contributed by atoms with Gasteiger partial charge >= 0.3 is 0 Å². The molecule has 1 aromatic heterocycles. The third kappa shape index (κ3) is 2.45. The van der Waals surface area contributed by atoms with E-state index in [1.165, 1.54) is 4.90 Å². The molecule has 0 radical (unpaired) electrons. The number of rotatable bonds is 3. The van der Waals surface area contributed by atoms with Crippen LogP contribution in [-0.4, -0.2) is 16.4 Å². The number of hydrogen-bond acceptors (Lipinski definition) is 2. The fourth-order valence-corrected chi connectivity index (χ4v) is 3.65. The van der Waals surface area contributed by atoms with Crippen LogP contribution in [0.4, 0.5) is 5.69 Å². The van der Waals surface area contributed by atoms with E-state index >= 15 is 0 Å². The molecule has 4 rings (SSSR count). The van der Waals surface area contributed by atoms with Crippen molar-refractivity contribution in [3.63, 3.8) is 0 Å². The summed E-state index contributed by atoms with van der Waals surface area (Å²) in [7, 11) is 0. The van der Waals surface area contributed by atoms with E-state index in [1.54, 1.807) is 0 Å². The third-order valence-electron chi connectivity index (χ3n) is 4.97. The zero-order chi connectivity index (χ0) is 17.6. The Hall–Kier alpha value is -2.88. The molecule has 1 unspecified atom stereocenters. The summed E-state index contributed by atoms with van der Waals surface area (Å²) in [4.78, 5) is 26.9. The Balaban J connectivity index is 1.77. The number of benzene rings is 2. The van der Waals surface area contributed by atoms with Crippen molar-refractivity contribution in [1.82, 2.24) is 4.57 Å². The van der Waals surface area contributed by atoms with Gasteiger partial charge in [0.2, 0.25) is 11.8 Å². The summed E-state index contributed by atoms with van der Waals surface area (Å²) in [6.45, 7) is 4.90. The number of imide groups is 1. The van der Waals surface area contributed by atoms with Crippen LogP contribution in [0, 0.1) is 6.92 Å². The van der Waals surface area contributed by atoms with Crippen LogP contribution in [0.1, 0.15) is 30.4 Å². The average Bonchev–Trinajstić information content (AvgIpc) is 3.13. The highest BCUT2D eigenvalue weighted by Crippen LogP contribution is 2.37. The van der Waals surface area contributed by atoms with Gasteiger partial charge in [0.1, 0.15) is 0 Å². The van der Waals surface area contributed by atoms with Crippen molar-refractivity contribution in [3.05, 3.63) is 65.9 Å². The van der Waals surface area contributed by atoms with Gasteiger partial charge < -0.3 is 4.57 Å². The van der Waals surface area contributed by atoms with Gasteiger partial charge in [-0.05, 0) is 37.6 Å². The number of carbonyl (C=O) groups is 2. The number of carbonyl (C=O) groups excluding carboxylic acids is 2. The predicted octanol–water partition coefficient (Wildman–Crippen LogP) is 4.02. The molecule has 25 heavy (non-hydrogen) atoms. The zero-order valence-electron chi connectivity index (χ0n) is 14.4. The molecule has 1 atom stereocenters. The predicted molar refractivity (Wildman–Crippen MR) is 98.6 cm³/mol. The first-order valence-electron chi connectivity index (χ1n) is 8.61. The number of nitrogens with zero attached hydrogens (tertiary/aromatic N) is 2. The molecule has 0 N–H and O–H groups in total. The molecule has 1 saturated heterocycles. The molecular formula is C21H20N2O2. The van der Waals surface area contributed by atoms with E-state index in [-0.39, 0.29) is 18.2 Å². The van der Waals surface area contributed by atoms with Crippen molar-refractivity contribution in [2.24, 2.45) is 0 Å². The molecule has 0 saturated carbocycles. The second-order valence-electron chi connectivity index (χ2n) is 6.55. The lowest BCUT2D eigenvalue weighted by Gasteiger charge is -2.15. The molecule has 4 nitrogen and oxygen atoms in total. The van der Waals surface area contributed by atoms with Crippen LogP contribution in [0.2, 0.25) is 0 Å². The number of anilines is 1. The van der Waals surface area contributed by atoms with Crippen molar-refractivity contribution in [2.75, 3.05) is 4.90 Å². The molecule has 1 fully saturated rings. The van der Waals surface area contributed by atoms with Gasteiger partial charge in [0.05, 0.1) is 11.6 Å². The van der Waals surface area contributed by atoms with Gasteiger partial charge in [-0.1, -0.05) is 35.9 Å². The average molecular weight is 332 g/mol. The number of amides is 2. The Morgan fingerprint density at radius 3 is 2.48 bits per heavy atom. The highest BCUT2D eigenvalue weighted by Gasteiger charge is 2.41. The Bertz CT molecular complexity index is 969. The Kier molecular flexibility index (Phi) is 3.68. The Labute approximate surface area is 146 Å². The first-order valence-corrected chi connectivity index (χ1v) is 8.61. The maximum Gasteiger partial charge on any atom is 0.241 e. The maximum absolute atomic E-state index is 13.0. The monoisotopic (exact) mass is 332 g/mol. The highest BCUT2D eigenvalue weighted by molar-refractivity contribution is 6.23. The summed E-state index contributed by atoms with van der Waals surface area (Å²) >= 11 is 0. The zero-order valence-corrected chi connectivity index (χ0v) is 14.4. The molecule has 2 amide bonds. The molecule has 0 bridgehead atoms. The van der Waals surface area contributed by atoms with Gasteiger partial charge in [0.15, 0.2) is 0 Å². The first-order chi connectivity index (χ1) is 12.1. The van der Waals surface area contributed by atoms with Crippen molar-refractivity contribution >= 4 is 28.4 Å². The van der Waals surface area contributed by atoms with E-state index < -0.39 is 5.92 Å². The summed E-state index contributed by atoms with van der Waals surface area (Å²) in [6.07, 6.45) is 2.25. The molecule has 2 aromatic carbocycles. The van der Waals surface area contributed by atoms with E-state index in [4.69, 9.17) is 0 Å². The van der Waals surface area contributed by atoms with Gasteiger partial charge in [0, 0.05) is 30.1 Å². The van der Waals surface area contributed by atoms with E-state index in [0.717, 1.165) is 28.6 Å². The van der Waals surface area contributed by atoms with Gasteiger partial charge in [-0.3, -0.25) is 14.5 Å². The van der Waals surface area contributed by atoms with Gasteiger partial charge in [-0.25, -0.2) is 0 Å². The number of fused-ring (bicyclic) bond motifs is 1. The Morgan fingerprint density at radius 2 is 1.76 bits per heavy atom. The first kappa shape index (κ1) is 15.6. The fourth-order valence-electron chi connectivity index (χ4n) is 3.65. The second kappa shape index (κ2) is 5.88. The van der Waals surface area contributed by atoms with Crippen LogP contribution in [0.25, 0.3) is 10.9 Å². The Morgan fingerprint density at radius 1 is 1.04 bits per heavy atom. The molecule has 0 spiro atoms. The van der Waals surface area contributed by atoms with Crippen LogP contribution in [-0.2, 0) is 16.1 Å². The van der Waals surface area contributed by atoms with Gasteiger partial charge in [-0.15, -0.1) is 0 Å². The van der Waals surface area contributed by atoms with Gasteiger partial charge in [-0.2, -0.15) is 0 Å².